The summed E-state index contributed by atoms with van der Waals surface area (Å²) in [5, 5.41) is 0.561. The second kappa shape index (κ2) is 5.38. The Hall–Kier alpha value is -1.34. The Labute approximate surface area is 134 Å². The second-order valence-electron chi connectivity index (χ2n) is 5.93. The number of amides is 1. The van der Waals surface area contributed by atoms with E-state index >= 15 is 0 Å². The van der Waals surface area contributed by atoms with Gasteiger partial charge in [-0.05, 0) is 37.1 Å². The minimum absolute atomic E-state index is 0.0519. The van der Waals surface area contributed by atoms with E-state index in [4.69, 9.17) is 0 Å². The van der Waals surface area contributed by atoms with E-state index in [0.29, 0.717) is 5.17 Å². The van der Waals surface area contributed by atoms with Crippen LogP contribution in [-0.4, -0.2) is 42.3 Å². The fraction of sp³-hybridized carbons (Fsp3) is 0.467. The Morgan fingerprint density at radius 3 is 2.45 bits per heavy atom. The predicted octanol–water partition coefficient (Wildman–Crippen LogP) is 1.92. The van der Waals surface area contributed by atoms with Crippen LogP contribution in [0.3, 0.4) is 0 Å². The Morgan fingerprint density at radius 2 is 1.86 bits per heavy atom. The molecule has 5 nitrogen and oxygen atoms in total. The van der Waals surface area contributed by atoms with Gasteiger partial charge in [-0.2, -0.15) is 4.99 Å². The monoisotopic (exact) mass is 338 g/mol. The van der Waals surface area contributed by atoms with Crippen molar-refractivity contribution in [2.75, 3.05) is 16.4 Å². The Balaban J connectivity index is 2.08. The summed E-state index contributed by atoms with van der Waals surface area (Å²) in [5.41, 5.74) is 3.12. The van der Waals surface area contributed by atoms with Gasteiger partial charge in [0.1, 0.15) is 0 Å². The fourth-order valence-electron chi connectivity index (χ4n) is 3.09. The molecule has 3 rings (SSSR count). The fourth-order valence-corrected chi connectivity index (χ4v) is 7.05. The number of amidine groups is 1. The van der Waals surface area contributed by atoms with Gasteiger partial charge in [0.2, 0.25) is 5.91 Å². The zero-order valence-electron chi connectivity index (χ0n) is 12.7. The number of carbonyl (C=O) groups excluding carboxylic acids is 1. The predicted molar refractivity (Wildman–Crippen MR) is 90.3 cm³/mol. The van der Waals surface area contributed by atoms with E-state index in [0.717, 1.165) is 16.8 Å². The largest absolute Gasteiger partial charge is 0.316 e. The Kier molecular flexibility index (Phi) is 3.81. The lowest BCUT2D eigenvalue weighted by Gasteiger charge is -2.25. The molecule has 1 amide bonds. The van der Waals surface area contributed by atoms with Crippen molar-refractivity contribution in [2.24, 2.45) is 4.99 Å². The second-order valence-corrected chi connectivity index (χ2v) is 9.29. The third-order valence-corrected chi connectivity index (χ3v) is 7.01. The van der Waals surface area contributed by atoms with E-state index in [-0.39, 0.29) is 28.7 Å². The van der Waals surface area contributed by atoms with Gasteiger partial charge < -0.3 is 4.90 Å². The van der Waals surface area contributed by atoms with Gasteiger partial charge in [0.05, 0.1) is 17.5 Å². The van der Waals surface area contributed by atoms with Crippen molar-refractivity contribution < 1.29 is 13.2 Å². The quantitative estimate of drug-likeness (QED) is 0.783. The minimum atomic E-state index is -3.02. The maximum absolute atomic E-state index is 11.9. The lowest BCUT2D eigenvalue weighted by atomic mass is 10.1. The zero-order chi connectivity index (χ0) is 16.1. The average molecular weight is 338 g/mol. The van der Waals surface area contributed by atoms with Crippen LogP contribution in [0.4, 0.5) is 5.69 Å². The molecule has 0 unspecified atom stereocenters. The van der Waals surface area contributed by atoms with Crippen molar-refractivity contribution >= 4 is 38.4 Å². The number of hydrogen-bond acceptors (Lipinski definition) is 4. The Morgan fingerprint density at radius 1 is 1.23 bits per heavy atom. The molecule has 0 spiro atoms. The maximum atomic E-state index is 11.9. The molecule has 0 bridgehead atoms. The van der Waals surface area contributed by atoms with E-state index in [1.54, 1.807) is 0 Å². The molecule has 1 aromatic carbocycles. The summed E-state index contributed by atoms with van der Waals surface area (Å²) in [6.07, 6.45) is 0. The van der Waals surface area contributed by atoms with Crippen LogP contribution >= 0.6 is 11.8 Å². The van der Waals surface area contributed by atoms with Crippen LogP contribution in [-0.2, 0) is 14.6 Å². The highest BCUT2D eigenvalue weighted by Crippen LogP contribution is 2.41. The zero-order valence-corrected chi connectivity index (χ0v) is 14.4. The van der Waals surface area contributed by atoms with Crippen molar-refractivity contribution in [2.45, 2.75) is 32.1 Å². The lowest BCUT2D eigenvalue weighted by Crippen LogP contribution is -2.37. The Bertz CT molecular complexity index is 751. The average Bonchev–Trinajstić information content (AvgIpc) is 2.77. The highest BCUT2D eigenvalue weighted by molar-refractivity contribution is 8.16. The molecule has 2 aliphatic heterocycles. The smallest absolute Gasteiger partial charge is 0.244 e. The van der Waals surface area contributed by atoms with Crippen LogP contribution in [0.25, 0.3) is 0 Å². The molecule has 1 aromatic rings. The first-order valence-corrected chi connectivity index (χ1v) is 9.79. The number of thioether (sulfide) groups is 1. The van der Waals surface area contributed by atoms with Gasteiger partial charge in [0.25, 0.3) is 0 Å². The SMILES string of the molecule is CC(=O)N=C1S[C@H]2CS(=O)(=O)C[C@H]2N1c1cc(C)cc(C)c1. The van der Waals surface area contributed by atoms with Crippen molar-refractivity contribution in [1.29, 1.82) is 0 Å². The van der Waals surface area contributed by atoms with Crippen molar-refractivity contribution in [3.8, 4) is 0 Å². The van der Waals surface area contributed by atoms with E-state index < -0.39 is 9.84 Å². The van der Waals surface area contributed by atoms with Gasteiger partial charge in [0.15, 0.2) is 15.0 Å². The third-order valence-electron chi connectivity index (χ3n) is 3.80. The summed E-state index contributed by atoms with van der Waals surface area (Å²) in [5.74, 6) is 0.00879. The molecule has 0 saturated carbocycles. The summed E-state index contributed by atoms with van der Waals surface area (Å²) < 4.78 is 23.9. The molecule has 0 N–H and O–H groups in total. The summed E-state index contributed by atoms with van der Waals surface area (Å²) in [6, 6.07) is 5.94. The van der Waals surface area contributed by atoms with E-state index in [2.05, 4.69) is 11.1 Å². The summed E-state index contributed by atoms with van der Waals surface area (Å²) in [7, 11) is -3.02. The molecule has 7 heteroatoms. The number of carbonyl (C=O) groups is 1. The van der Waals surface area contributed by atoms with Crippen molar-refractivity contribution in [3.63, 3.8) is 0 Å². The summed E-state index contributed by atoms with van der Waals surface area (Å²) in [6.45, 7) is 5.42. The van der Waals surface area contributed by atoms with Crippen LogP contribution in [0, 0.1) is 13.8 Å². The van der Waals surface area contributed by atoms with Crippen LogP contribution in [0.2, 0.25) is 0 Å². The summed E-state index contributed by atoms with van der Waals surface area (Å²) in [4.78, 5) is 17.4. The highest BCUT2D eigenvalue weighted by Gasteiger charge is 2.49. The van der Waals surface area contributed by atoms with Crippen molar-refractivity contribution in [3.05, 3.63) is 29.3 Å². The summed E-state index contributed by atoms with van der Waals surface area (Å²) >= 11 is 1.40. The standard InChI is InChI=1S/C15H18N2O3S2/c1-9-4-10(2)6-12(5-9)17-13-7-22(19,20)8-14(13)21-15(17)16-11(3)18/h4-6,13-14H,7-8H2,1-3H3/t13-,14+/m1/s1. The first-order valence-electron chi connectivity index (χ1n) is 7.09. The van der Waals surface area contributed by atoms with Gasteiger partial charge in [0, 0.05) is 17.9 Å². The number of rotatable bonds is 1. The number of sulfone groups is 1. The number of benzene rings is 1. The molecule has 2 atom stereocenters. The van der Waals surface area contributed by atoms with Crippen LogP contribution in [0.15, 0.2) is 23.2 Å². The molecule has 0 aromatic heterocycles. The van der Waals surface area contributed by atoms with Crippen LogP contribution in [0.5, 0.6) is 0 Å². The molecule has 2 saturated heterocycles. The number of aryl methyl sites for hydroxylation is 2. The topological polar surface area (TPSA) is 66.8 Å². The third kappa shape index (κ3) is 2.92. The number of anilines is 1. The molecule has 2 aliphatic rings. The highest BCUT2D eigenvalue weighted by atomic mass is 32.2. The normalized spacial score (nSPS) is 28.1. The van der Waals surface area contributed by atoms with Gasteiger partial charge in [-0.3, -0.25) is 4.79 Å². The van der Waals surface area contributed by atoms with Crippen LogP contribution in [0.1, 0.15) is 18.1 Å². The maximum Gasteiger partial charge on any atom is 0.244 e. The molecule has 0 aliphatic carbocycles. The first kappa shape index (κ1) is 15.6. The molecular formula is C15H18N2O3S2. The molecule has 0 radical (unpaired) electrons. The molecule has 118 valence electrons. The van der Waals surface area contributed by atoms with E-state index in [1.807, 2.05) is 30.9 Å². The molecule has 2 heterocycles. The van der Waals surface area contributed by atoms with Crippen LogP contribution < -0.4 is 4.90 Å². The van der Waals surface area contributed by atoms with Gasteiger partial charge in [-0.15, -0.1) is 0 Å². The number of nitrogens with zero attached hydrogens (tertiary/aromatic N) is 2. The first-order chi connectivity index (χ1) is 10.2. The van der Waals surface area contributed by atoms with E-state index in [9.17, 15) is 13.2 Å². The number of fused-ring (bicyclic) bond motifs is 1. The van der Waals surface area contributed by atoms with Gasteiger partial charge in [-0.1, -0.05) is 17.8 Å². The van der Waals surface area contributed by atoms with Gasteiger partial charge >= 0.3 is 0 Å². The molecule has 2 fully saturated rings. The minimum Gasteiger partial charge on any atom is -0.316 e. The van der Waals surface area contributed by atoms with Gasteiger partial charge in [-0.25, -0.2) is 8.42 Å². The number of hydrogen-bond donors (Lipinski definition) is 0. The number of aliphatic imine (C=N–C) groups is 1. The lowest BCUT2D eigenvalue weighted by molar-refractivity contribution is -0.115. The molecule has 22 heavy (non-hydrogen) atoms. The molecular weight excluding hydrogens is 320 g/mol. The van der Waals surface area contributed by atoms with Crippen molar-refractivity contribution in [1.82, 2.24) is 0 Å². The van der Waals surface area contributed by atoms with E-state index in [1.165, 1.54) is 18.7 Å².